The monoisotopic (exact) mass is 341 g/mol. The Bertz CT molecular complexity index is 758. The zero-order valence-electron chi connectivity index (χ0n) is 14.4. The minimum atomic E-state index is -0.260. The zero-order chi connectivity index (χ0) is 17.2. The number of carbonyl (C=O) groups excluding carboxylic acids is 1. The first-order valence-corrected chi connectivity index (χ1v) is 8.99. The Morgan fingerprint density at radius 3 is 2.68 bits per heavy atom. The van der Waals surface area contributed by atoms with Crippen molar-refractivity contribution in [2.24, 2.45) is 5.92 Å². The van der Waals surface area contributed by atoms with E-state index in [0.29, 0.717) is 31.5 Å². The van der Waals surface area contributed by atoms with E-state index in [1.54, 1.807) is 6.20 Å². The van der Waals surface area contributed by atoms with Gasteiger partial charge in [0, 0.05) is 32.5 Å². The molecule has 0 spiro atoms. The van der Waals surface area contributed by atoms with Crippen LogP contribution < -0.4 is 4.74 Å². The standard InChI is InChI=1S/C19H23N3O3/c1-13-8-11-24-18(13)19(23)22-9-6-14(7-10-22)25-17-12-20-15-4-2-3-5-16(15)21-17/h2-5,12-14,18H,6-11H2,1H3. The summed E-state index contributed by atoms with van der Waals surface area (Å²) < 4.78 is 11.6. The molecule has 0 aliphatic carbocycles. The Labute approximate surface area is 147 Å². The molecule has 0 bridgehead atoms. The number of hydrogen-bond donors (Lipinski definition) is 0. The maximum atomic E-state index is 12.6. The molecular weight excluding hydrogens is 318 g/mol. The van der Waals surface area contributed by atoms with E-state index < -0.39 is 0 Å². The normalized spacial score (nSPS) is 24.6. The average molecular weight is 341 g/mol. The third-order valence-electron chi connectivity index (χ3n) is 5.10. The van der Waals surface area contributed by atoms with Gasteiger partial charge in [-0.1, -0.05) is 19.1 Å². The minimum absolute atomic E-state index is 0.0708. The quantitative estimate of drug-likeness (QED) is 0.858. The van der Waals surface area contributed by atoms with Crippen LogP contribution in [0.2, 0.25) is 0 Å². The lowest BCUT2D eigenvalue weighted by Gasteiger charge is -2.33. The Balaban J connectivity index is 1.34. The summed E-state index contributed by atoms with van der Waals surface area (Å²) in [6, 6.07) is 7.75. The molecule has 1 aromatic heterocycles. The lowest BCUT2D eigenvalue weighted by molar-refractivity contribution is -0.144. The number of piperidine rings is 1. The number of likely N-dealkylation sites (tertiary alicyclic amines) is 1. The van der Waals surface area contributed by atoms with Crippen LogP contribution in [0, 0.1) is 5.92 Å². The predicted molar refractivity (Wildman–Crippen MR) is 93.3 cm³/mol. The SMILES string of the molecule is CC1CCOC1C(=O)N1CCC(Oc2cnc3ccccc3n2)CC1. The fraction of sp³-hybridized carbons (Fsp3) is 0.526. The Morgan fingerprint density at radius 2 is 1.96 bits per heavy atom. The van der Waals surface area contributed by atoms with E-state index in [4.69, 9.17) is 9.47 Å². The minimum Gasteiger partial charge on any atom is -0.473 e. The maximum Gasteiger partial charge on any atom is 0.251 e. The van der Waals surface area contributed by atoms with Crippen LogP contribution in [0.1, 0.15) is 26.2 Å². The van der Waals surface area contributed by atoms with Crippen LogP contribution in [0.5, 0.6) is 5.88 Å². The number of amides is 1. The molecule has 6 heteroatoms. The van der Waals surface area contributed by atoms with Crippen LogP contribution >= 0.6 is 0 Å². The number of hydrogen-bond acceptors (Lipinski definition) is 5. The molecule has 2 aliphatic heterocycles. The first kappa shape index (κ1) is 16.3. The van der Waals surface area contributed by atoms with Gasteiger partial charge in [-0.25, -0.2) is 9.97 Å². The summed E-state index contributed by atoms with van der Waals surface area (Å²) in [4.78, 5) is 23.4. The molecule has 0 N–H and O–H groups in total. The van der Waals surface area contributed by atoms with Crippen molar-refractivity contribution in [1.82, 2.24) is 14.9 Å². The molecule has 25 heavy (non-hydrogen) atoms. The maximum absolute atomic E-state index is 12.6. The summed E-state index contributed by atoms with van der Waals surface area (Å²) in [5, 5.41) is 0. The van der Waals surface area contributed by atoms with Gasteiger partial charge in [-0.2, -0.15) is 0 Å². The van der Waals surface area contributed by atoms with Crippen molar-refractivity contribution < 1.29 is 14.3 Å². The number of nitrogens with zero attached hydrogens (tertiary/aromatic N) is 3. The molecule has 1 amide bonds. The van der Waals surface area contributed by atoms with Crippen LogP contribution in [-0.4, -0.2) is 52.7 Å². The number of para-hydroxylation sites is 2. The smallest absolute Gasteiger partial charge is 0.251 e. The summed E-state index contributed by atoms with van der Waals surface area (Å²) in [5.74, 6) is 1.000. The third-order valence-corrected chi connectivity index (χ3v) is 5.10. The Kier molecular flexibility index (Phi) is 4.53. The zero-order valence-corrected chi connectivity index (χ0v) is 14.4. The summed E-state index contributed by atoms with van der Waals surface area (Å²) in [7, 11) is 0. The second-order valence-corrected chi connectivity index (χ2v) is 6.90. The molecule has 132 valence electrons. The highest BCUT2D eigenvalue weighted by molar-refractivity contribution is 5.81. The second kappa shape index (κ2) is 6.96. The first-order valence-electron chi connectivity index (χ1n) is 8.99. The highest BCUT2D eigenvalue weighted by Crippen LogP contribution is 2.24. The van der Waals surface area contributed by atoms with Crippen LogP contribution in [0.4, 0.5) is 0 Å². The van der Waals surface area contributed by atoms with Gasteiger partial charge in [-0.15, -0.1) is 0 Å². The van der Waals surface area contributed by atoms with Gasteiger partial charge >= 0.3 is 0 Å². The summed E-state index contributed by atoms with van der Waals surface area (Å²) in [6.07, 6.45) is 4.07. The van der Waals surface area contributed by atoms with E-state index in [9.17, 15) is 4.79 Å². The van der Waals surface area contributed by atoms with E-state index in [1.165, 1.54) is 0 Å². The molecule has 0 saturated carbocycles. The molecule has 2 saturated heterocycles. The van der Waals surface area contributed by atoms with Gasteiger partial charge in [0.25, 0.3) is 5.91 Å². The van der Waals surface area contributed by atoms with Crippen LogP contribution in [-0.2, 0) is 9.53 Å². The third kappa shape index (κ3) is 3.44. The first-order chi connectivity index (χ1) is 12.2. The van der Waals surface area contributed by atoms with Crippen LogP contribution in [0.3, 0.4) is 0 Å². The fourth-order valence-electron chi connectivity index (χ4n) is 3.55. The number of carbonyl (C=O) groups is 1. The van der Waals surface area contributed by atoms with Crippen molar-refractivity contribution in [3.63, 3.8) is 0 Å². The van der Waals surface area contributed by atoms with Crippen molar-refractivity contribution in [1.29, 1.82) is 0 Å². The van der Waals surface area contributed by atoms with Crippen molar-refractivity contribution in [2.75, 3.05) is 19.7 Å². The molecule has 2 fully saturated rings. The van der Waals surface area contributed by atoms with Gasteiger partial charge in [0.05, 0.1) is 17.2 Å². The van der Waals surface area contributed by atoms with Gasteiger partial charge in [-0.05, 0) is 24.5 Å². The predicted octanol–water partition coefficient (Wildman–Crippen LogP) is 2.42. The van der Waals surface area contributed by atoms with Crippen LogP contribution in [0.25, 0.3) is 11.0 Å². The molecule has 0 radical (unpaired) electrons. The van der Waals surface area contributed by atoms with E-state index in [0.717, 1.165) is 30.3 Å². The molecule has 6 nitrogen and oxygen atoms in total. The van der Waals surface area contributed by atoms with E-state index in [-0.39, 0.29) is 18.1 Å². The molecular formula is C19H23N3O3. The number of rotatable bonds is 3. The highest BCUT2D eigenvalue weighted by atomic mass is 16.5. The highest BCUT2D eigenvalue weighted by Gasteiger charge is 2.35. The Hall–Kier alpha value is -2.21. The van der Waals surface area contributed by atoms with Crippen molar-refractivity contribution >= 4 is 16.9 Å². The van der Waals surface area contributed by atoms with E-state index in [2.05, 4.69) is 16.9 Å². The lowest BCUT2D eigenvalue weighted by Crippen LogP contribution is -2.47. The lowest BCUT2D eigenvalue weighted by atomic mass is 10.0. The summed E-state index contributed by atoms with van der Waals surface area (Å²) in [6.45, 7) is 4.19. The fourth-order valence-corrected chi connectivity index (χ4v) is 3.55. The van der Waals surface area contributed by atoms with Crippen molar-refractivity contribution in [3.8, 4) is 5.88 Å². The number of benzene rings is 1. The van der Waals surface area contributed by atoms with Gasteiger partial charge < -0.3 is 14.4 Å². The topological polar surface area (TPSA) is 64.5 Å². The second-order valence-electron chi connectivity index (χ2n) is 6.90. The summed E-state index contributed by atoms with van der Waals surface area (Å²) >= 11 is 0. The van der Waals surface area contributed by atoms with E-state index >= 15 is 0 Å². The van der Waals surface area contributed by atoms with Gasteiger partial charge in [0.15, 0.2) is 0 Å². The molecule has 2 aliphatic rings. The van der Waals surface area contributed by atoms with Crippen molar-refractivity contribution in [2.45, 2.75) is 38.4 Å². The molecule has 1 aromatic carbocycles. The summed E-state index contributed by atoms with van der Waals surface area (Å²) in [5.41, 5.74) is 1.70. The van der Waals surface area contributed by atoms with E-state index in [1.807, 2.05) is 29.2 Å². The molecule has 2 aromatic rings. The molecule has 2 unspecified atom stereocenters. The van der Waals surface area contributed by atoms with Crippen molar-refractivity contribution in [3.05, 3.63) is 30.5 Å². The average Bonchev–Trinajstić information content (AvgIpc) is 3.08. The van der Waals surface area contributed by atoms with Gasteiger partial charge in [0.1, 0.15) is 12.2 Å². The largest absolute Gasteiger partial charge is 0.473 e. The molecule has 4 rings (SSSR count). The number of ether oxygens (including phenoxy) is 2. The molecule has 3 heterocycles. The Morgan fingerprint density at radius 1 is 1.20 bits per heavy atom. The van der Waals surface area contributed by atoms with Gasteiger partial charge in [0.2, 0.25) is 5.88 Å². The molecule has 2 atom stereocenters. The number of aromatic nitrogens is 2. The van der Waals surface area contributed by atoms with Gasteiger partial charge in [-0.3, -0.25) is 4.79 Å². The number of fused-ring (bicyclic) bond motifs is 1. The van der Waals surface area contributed by atoms with Crippen LogP contribution in [0.15, 0.2) is 30.5 Å².